The Morgan fingerprint density at radius 2 is 1.94 bits per heavy atom. The van der Waals surface area contributed by atoms with Gasteiger partial charge in [0.2, 0.25) is 0 Å². The van der Waals surface area contributed by atoms with Crippen LogP contribution in [0.15, 0.2) is 66.7 Å². The lowest BCUT2D eigenvalue weighted by Crippen LogP contribution is -2.01. The van der Waals surface area contributed by atoms with Crippen molar-refractivity contribution in [1.82, 2.24) is 4.98 Å². The summed E-state index contributed by atoms with van der Waals surface area (Å²) >= 11 is 3.10. The number of fused-ring (bicyclic) bond motifs is 3. The number of unbranched alkanes of at least 4 members (excludes halogenated alkanes) is 1. The number of thioether (sulfide) groups is 1. The van der Waals surface area contributed by atoms with Crippen LogP contribution in [0.2, 0.25) is 0 Å². The van der Waals surface area contributed by atoms with Crippen molar-refractivity contribution in [2.24, 2.45) is 0 Å². The Morgan fingerprint density at radius 1 is 1.09 bits per heavy atom. The first-order valence-electron chi connectivity index (χ1n) is 9.83. The molecule has 5 rings (SSSR count). The van der Waals surface area contributed by atoms with E-state index in [-0.39, 0.29) is 15.6 Å². The van der Waals surface area contributed by atoms with Gasteiger partial charge in [-0.3, -0.25) is 10.1 Å². The minimum absolute atomic E-state index is 0. The molecule has 3 heterocycles. The van der Waals surface area contributed by atoms with E-state index < -0.39 is 10.5 Å². The Kier molecular flexibility index (Phi) is 6.97. The van der Waals surface area contributed by atoms with Crippen molar-refractivity contribution in [2.75, 3.05) is 12.4 Å². The molecule has 1 unspecified atom stereocenters. The maximum atomic E-state index is 11.5. The summed E-state index contributed by atoms with van der Waals surface area (Å²) in [5, 5.41) is 12.5. The predicted octanol–water partition coefficient (Wildman–Crippen LogP) is 6.07. The lowest BCUT2D eigenvalue weighted by atomic mass is 10.1. The zero-order valence-electron chi connectivity index (χ0n) is 17.3. The maximum absolute atomic E-state index is 11.5. The molecule has 8 nitrogen and oxygen atoms in total. The van der Waals surface area contributed by atoms with Gasteiger partial charge in [0, 0.05) is 30.0 Å². The van der Waals surface area contributed by atoms with Gasteiger partial charge in [-0.25, -0.2) is 9.78 Å². The van der Waals surface area contributed by atoms with Crippen molar-refractivity contribution >= 4 is 70.8 Å². The maximum Gasteiger partial charge on any atom is 0.336 e. The molecule has 11 heteroatoms. The topological polar surface area (TPSA) is 109 Å². The second kappa shape index (κ2) is 9.91. The highest BCUT2D eigenvalue weighted by atomic mass is 32.2. The van der Waals surface area contributed by atoms with Crippen molar-refractivity contribution in [2.45, 2.75) is 17.2 Å². The van der Waals surface area contributed by atoms with E-state index in [0.717, 1.165) is 43.9 Å². The molecule has 0 bridgehead atoms. The molecule has 0 aliphatic carbocycles. The van der Waals surface area contributed by atoms with Crippen LogP contribution in [0.1, 0.15) is 12.8 Å². The van der Waals surface area contributed by atoms with Gasteiger partial charge in [-0.1, -0.05) is 11.8 Å². The average Bonchev–Trinajstić information content (AvgIpc) is 3.40. The summed E-state index contributed by atoms with van der Waals surface area (Å²) in [4.78, 5) is 26.6. The second-order valence-corrected chi connectivity index (χ2v) is 9.37. The summed E-state index contributed by atoms with van der Waals surface area (Å²) < 4.78 is 18.5. The van der Waals surface area contributed by atoms with E-state index in [4.69, 9.17) is 13.6 Å². The Balaban J connectivity index is 0.00000259. The van der Waals surface area contributed by atoms with Gasteiger partial charge in [-0.15, -0.1) is 11.3 Å². The van der Waals surface area contributed by atoms with Gasteiger partial charge in [-0.2, -0.15) is 9.90 Å². The Labute approximate surface area is 198 Å². The largest absolute Gasteiger partial charge is 0.492 e. The van der Waals surface area contributed by atoms with E-state index in [1.54, 1.807) is 42.3 Å². The lowest BCUT2D eigenvalue weighted by molar-refractivity contribution is -0.384. The number of non-ortho nitro benzene ring substituents is 1. The van der Waals surface area contributed by atoms with Crippen LogP contribution in [0.25, 0.3) is 32.2 Å². The van der Waals surface area contributed by atoms with E-state index in [1.807, 2.05) is 6.07 Å². The van der Waals surface area contributed by atoms with Crippen LogP contribution in [0.5, 0.6) is 5.75 Å². The molecule has 0 N–H and O–H groups in total. The molecule has 0 aliphatic heterocycles. The fourth-order valence-electron chi connectivity index (χ4n) is 3.37. The highest BCUT2D eigenvalue weighted by Gasteiger charge is 2.14. The fourth-order valence-corrected chi connectivity index (χ4v) is 5.54. The average molecular weight is 503 g/mol. The van der Waals surface area contributed by atoms with E-state index >= 15 is 0 Å². The van der Waals surface area contributed by atoms with Crippen LogP contribution < -0.4 is 10.4 Å². The van der Waals surface area contributed by atoms with Gasteiger partial charge in [0.1, 0.15) is 16.9 Å². The molecule has 33 heavy (non-hydrogen) atoms. The molecular formula is C22H19N2O6PS2. The number of aromatic nitrogens is 1. The highest BCUT2D eigenvalue weighted by Crippen LogP contribution is 2.35. The summed E-state index contributed by atoms with van der Waals surface area (Å²) in [7, 11) is 0. The molecule has 0 fully saturated rings. The van der Waals surface area contributed by atoms with Gasteiger partial charge in [0.15, 0.2) is 4.34 Å². The van der Waals surface area contributed by atoms with Crippen molar-refractivity contribution in [3.63, 3.8) is 0 Å². The van der Waals surface area contributed by atoms with Crippen LogP contribution in [-0.2, 0) is 0 Å². The van der Waals surface area contributed by atoms with Gasteiger partial charge in [-0.05, 0) is 31.0 Å². The fraction of sp³-hybridized carbons (Fsp3) is 0.182. The minimum atomic E-state index is -0.421. The number of nitrogens with zero attached hydrogens (tertiary/aromatic N) is 2. The second-order valence-electron chi connectivity index (χ2n) is 7.00. The molecule has 0 saturated carbocycles. The molecule has 0 saturated heterocycles. The van der Waals surface area contributed by atoms with E-state index in [2.05, 4.69) is 4.98 Å². The standard InChI is InChI=1S/C22H16N2O6S2.H3P/c25-20-6-4-14-18(30-20)12-17-15(7-9-28-17)21(14)29-8-1-2-10-31-22-23-16-5-3-13(24(26)27)11-19(16)32-22;/h3-7,9,11-12H,1-2,8,10H2;1H3. The molecule has 0 spiro atoms. The Bertz CT molecular complexity index is 1510. The van der Waals surface area contributed by atoms with Gasteiger partial charge in [0.05, 0.1) is 38.8 Å². The van der Waals surface area contributed by atoms with Crippen LogP contribution in [-0.4, -0.2) is 22.3 Å². The zero-order valence-corrected chi connectivity index (χ0v) is 20.4. The highest BCUT2D eigenvalue weighted by molar-refractivity contribution is 8.01. The number of hydrogen-bond donors (Lipinski definition) is 0. The Hall–Kier alpha value is -2.94. The van der Waals surface area contributed by atoms with Gasteiger partial charge in [0.25, 0.3) is 5.69 Å². The molecule has 0 amide bonds. The number of benzene rings is 2. The van der Waals surface area contributed by atoms with E-state index in [9.17, 15) is 14.9 Å². The van der Waals surface area contributed by atoms with Gasteiger partial charge >= 0.3 is 5.63 Å². The van der Waals surface area contributed by atoms with E-state index in [1.165, 1.54) is 23.5 Å². The number of nitro benzene ring substituents is 1. The van der Waals surface area contributed by atoms with Crippen molar-refractivity contribution in [1.29, 1.82) is 0 Å². The first-order valence-corrected chi connectivity index (χ1v) is 11.6. The zero-order chi connectivity index (χ0) is 22.1. The number of rotatable bonds is 8. The molecular weight excluding hydrogens is 483 g/mol. The SMILES string of the molecule is O=c1ccc2c(OCCCCSc3nc4ccc([N+](=O)[O-])cc4s3)c3ccoc3cc2o1.P. The van der Waals surface area contributed by atoms with Crippen molar-refractivity contribution in [3.8, 4) is 5.75 Å². The first-order chi connectivity index (χ1) is 15.6. The van der Waals surface area contributed by atoms with Gasteiger partial charge < -0.3 is 13.6 Å². The quantitative estimate of drug-likeness (QED) is 0.0628. The number of nitro groups is 1. The number of furan rings is 1. The first kappa shape index (κ1) is 23.2. The number of hydrogen-bond acceptors (Lipinski definition) is 9. The third-order valence-corrected chi connectivity index (χ3v) is 7.13. The molecule has 0 aliphatic rings. The summed E-state index contributed by atoms with van der Waals surface area (Å²) in [5.74, 6) is 1.51. The number of thiazole rings is 1. The van der Waals surface area contributed by atoms with Crippen LogP contribution in [0.4, 0.5) is 5.69 Å². The smallest absolute Gasteiger partial charge is 0.336 e. The van der Waals surface area contributed by atoms with Crippen LogP contribution in [0.3, 0.4) is 0 Å². The normalized spacial score (nSPS) is 11.2. The molecule has 2 aromatic carbocycles. The summed E-state index contributed by atoms with van der Waals surface area (Å²) in [6, 6.07) is 11.3. The molecule has 5 aromatic rings. The third kappa shape index (κ3) is 4.88. The van der Waals surface area contributed by atoms with Crippen LogP contribution >= 0.6 is 33.0 Å². The van der Waals surface area contributed by atoms with Crippen molar-refractivity contribution in [3.05, 3.63) is 69.3 Å². The lowest BCUT2D eigenvalue weighted by Gasteiger charge is -2.09. The number of ether oxygens (including phenoxy) is 1. The molecule has 3 aromatic heterocycles. The summed E-state index contributed by atoms with van der Waals surface area (Å²) in [5.41, 5.74) is 1.47. The summed E-state index contributed by atoms with van der Waals surface area (Å²) in [6.45, 7) is 0.505. The minimum Gasteiger partial charge on any atom is -0.492 e. The van der Waals surface area contributed by atoms with E-state index in [0.29, 0.717) is 23.5 Å². The summed E-state index contributed by atoms with van der Waals surface area (Å²) in [6.07, 6.45) is 3.32. The monoisotopic (exact) mass is 502 g/mol. The van der Waals surface area contributed by atoms with Crippen molar-refractivity contribution < 1.29 is 18.5 Å². The molecule has 170 valence electrons. The molecule has 0 radical (unpaired) electrons. The Morgan fingerprint density at radius 3 is 2.79 bits per heavy atom. The third-order valence-electron chi connectivity index (χ3n) is 4.88. The van der Waals surface area contributed by atoms with Crippen LogP contribution in [0, 0.1) is 10.1 Å². The molecule has 1 atom stereocenters. The predicted molar refractivity (Wildman–Crippen MR) is 135 cm³/mol.